The molecule has 0 saturated heterocycles. The second-order valence-corrected chi connectivity index (χ2v) is 6.10. The second kappa shape index (κ2) is 4.33. The summed E-state index contributed by atoms with van der Waals surface area (Å²) in [6.07, 6.45) is 6.43. The lowest BCUT2D eigenvalue weighted by atomic mass is 10.00. The first kappa shape index (κ1) is 13.0. The molecule has 0 fully saturated rings. The van der Waals surface area contributed by atoms with Gasteiger partial charge in [-0.3, -0.25) is 5.32 Å². The van der Waals surface area contributed by atoms with Crippen molar-refractivity contribution >= 4 is 0 Å². The van der Waals surface area contributed by atoms with Gasteiger partial charge in [-0.25, -0.2) is 0 Å². The van der Waals surface area contributed by atoms with Crippen LogP contribution in [0.4, 0.5) is 0 Å². The predicted molar refractivity (Wildman–Crippen MR) is 74.6 cm³/mol. The van der Waals surface area contributed by atoms with E-state index in [2.05, 4.69) is 43.3 Å². The third-order valence-corrected chi connectivity index (χ3v) is 3.22. The number of terminal acetylenes is 1. The van der Waals surface area contributed by atoms with Crippen LogP contribution < -0.4 is 10.1 Å². The molecule has 0 atom stereocenters. The lowest BCUT2D eigenvalue weighted by Crippen LogP contribution is -2.36. The maximum absolute atomic E-state index is 5.86. The maximum atomic E-state index is 5.86. The minimum absolute atomic E-state index is 0.0769. The molecule has 2 nitrogen and oxygen atoms in total. The summed E-state index contributed by atoms with van der Waals surface area (Å²) in [7, 11) is 0. The quantitative estimate of drug-likeness (QED) is 0.824. The number of ether oxygens (including phenoxy) is 1. The molecule has 2 heteroatoms. The van der Waals surface area contributed by atoms with Gasteiger partial charge in [-0.05, 0) is 44.9 Å². The monoisotopic (exact) mass is 243 g/mol. The molecule has 1 aliphatic rings. The van der Waals surface area contributed by atoms with E-state index >= 15 is 0 Å². The minimum Gasteiger partial charge on any atom is -0.487 e. The molecule has 1 heterocycles. The van der Waals surface area contributed by atoms with E-state index in [-0.39, 0.29) is 11.1 Å². The van der Waals surface area contributed by atoms with Gasteiger partial charge in [0.25, 0.3) is 0 Å². The topological polar surface area (TPSA) is 21.3 Å². The number of hydrogen-bond acceptors (Lipinski definition) is 2. The number of fused-ring (bicyclic) bond motifs is 1. The first-order valence-electron chi connectivity index (χ1n) is 6.35. The smallest absolute Gasteiger partial charge is 0.123 e. The highest BCUT2D eigenvalue weighted by molar-refractivity contribution is 5.41. The van der Waals surface area contributed by atoms with Crippen LogP contribution in [0.1, 0.15) is 38.8 Å². The number of benzene rings is 1. The first-order valence-corrected chi connectivity index (χ1v) is 6.35. The van der Waals surface area contributed by atoms with E-state index in [0.29, 0.717) is 0 Å². The molecule has 0 unspecified atom stereocenters. The van der Waals surface area contributed by atoms with Crippen molar-refractivity contribution < 1.29 is 4.74 Å². The van der Waals surface area contributed by atoms with Crippen LogP contribution in [-0.4, -0.2) is 11.1 Å². The van der Waals surface area contributed by atoms with Gasteiger partial charge in [0.1, 0.15) is 11.4 Å². The molecule has 0 aliphatic carbocycles. The molecule has 0 amide bonds. The Bertz CT molecular complexity index is 494. The predicted octanol–water partition coefficient (Wildman–Crippen LogP) is 2.90. The summed E-state index contributed by atoms with van der Waals surface area (Å²) >= 11 is 0. The van der Waals surface area contributed by atoms with E-state index in [1.54, 1.807) is 0 Å². The second-order valence-electron chi connectivity index (χ2n) is 6.10. The number of hydrogen-bond donors (Lipinski definition) is 1. The molecule has 0 spiro atoms. The van der Waals surface area contributed by atoms with Crippen LogP contribution in [0.15, 0.2) is 18.2 Å². The number of nitrogens with one attached hydrogen (secondary N) is 1. The number of rotatable bonds is 3. The van der Waals surface area contributed by atoms with Crippen LogP contribution in [0.2, 0.25) is 0 Å². The molecule has 0 aromatic heterocycles. The normalized spacial score (nSPS) is 16.8. The molecule has 96 valence electrons. The molecule has 18 heavy (non-hydrogen) atoms. The van der Waals surface area contributed by atoms with Crippen molar-refractivity contribution in [2.75, 3.05) is 0 Å². The highest BCUT2D eigenvalue weighted by Gasteiger charge is 2.29. The molecule has 1 N–H and O–H groups in total. The van der Waals surface area contributed by atoms with Crippen molar-refractivity contribution in [3.05, 3.63) is 29.3 Å². The molecular formula is C16H21NO. The Morgan fingerprint density at radius 2 is 2.17 bits per heavy atom. The van der Waals surface area contributed by atoms with Gasteiger partial charge < -0.3 is 4.74 Å². The van der Waals surface area contributed by atoms with Gasteiger partial charge in [-0.15, -0.1) is 6.42 Å². The summed E-state index contributed by atoms with van der Waals surface area (Å²) in [5.41, 5.74) is 2.19. The molecule has 0 bridgehead atoms. The van der Waals surface area contributed by atoms with E-state index in [4.69, 9.17) is 11.2 Å². The molecule has 0 radical (unpaired) electrons. The third-order valence-electron chi connectivity index (χ3n) is 3.22. The Balaban J connectivity index is 2.08. The van der Waals surface area contributed by atoms with Crippen molar-refractivity contribution in [1.29, 1.82) is 0 Å². The summed E-state index contributed by atoms with van der Waals surface area (Å²) < 4.78 is 5.86. The standard InChI is InChI=1S/C16H21NO/c1-6-15(2,3)17-11-12-7-8-14-13(9-12)10-16(4,5)18-14/h1,7-9,17H,10-11H2,2-5H3. The average molecular weight is 243 g/mol. The SMILES string of the molecule is C#CC(C)(C)NCc1ccc2c(c1)CC(C)(C)O2. The Labute approximate surface area is 110 Å². The van der Waals surface area contributed by atoms with Gasteiger partial charge in [0.2, 0.25) is 0 Å². The van der Waals surface area contributed by atoms with Crippen molar-refractivity contribution in [2.24, 2.45) is 0 Å². The lowest BCUT2D eigenvalue weighted by Gasteiger charge is -2.19. The molecule has 1 aliphatic heterocycles. The minimum atomic E-state index is -0.269. The zero-order valence-corrected chi connectivity index (χ0v) is 11.6. The Morgan fingerprint density at radius 3 is 2.83 bits per heavy atom. The Kier molecular flexibility index (Phi) is 3.12. The summed E-state index contributed by atoms with van der Waals surface area (Å²) in [6, 6.07) is 6.37. The van der Waals surface area contributed by atoms with Crippen LogP contribution in [-0.2, 0) is 13.0 Å². The fourth-order valence-electron chi connectivity index (χ4n) is 2.15. The highest BCUT2D eigenvalue weighted by Crippen LogP contribution is 2.35. The van der Waals surface area contributed by atoms with Gasteiger partial charge in [-0.1, -0.05) is 18.1 Å². The Morgan fingerprint density at radius 1 is 1.44 bits per heavy atom. The van der Waals surface area contributed by atoms with Gasteiger partial charge in [-0.2, -0.15) is 0 Å². The molecule has 0 saturated carbocycles. The van der Waals surface area contributed by atoms with Crippen LogP contribution in [0, 0.1) is 12.3 Å². The van der Waals surface area contributed by atoms with Crippen molar-refractivity contribution in [1.82, 2.24) is 5.32 Å². The van der Waals surface area contributed by atoms with E-state index in [0.717, 1.165) is 18.7 Å². The van der Waals surface area contributed by atoms with Crippen molar-refractivity contribution in [3.8, 4) is 18.1 Å². The van der Waals surface area contributed by atoms with Crippen molar-refractivity contribution in [3.63, 3.8) is 0 Å². The summed E-state index contributed by atoms with van der Waals surface area (Å²) in [5.74, 6) is 3.76. The summed E-state index contributed by atoms with van der Waals surface area (Å²) in [4.78, 5) is 0. The van der Waals surface area contributed by atoms with E-state index < -0.39 is 0 Å². The molecule has 1 aromatic carbocycles. The molecule has 1 aromatic rings. The van der Waals surface area contributed by atoms with E-state index in [9.17, 15) is 0 Å². The maximum Gasteiger partial charge on any atom is 0.123 e. The van der Waals surface area contributed by atoms with E-state index in [1.807, 2.05) is 13.8 Å². The third kappa shape index (κ3) is 2.86. The summed E-state index contributed by atoms with van der Waals surface area (Å²) in [5, 5.41) is 3.36. The van der Waals surface area contributed by atoms with Crippen molar-refractivity contribution in [2.45, 2.75) is 51.8 Å². The van der Waals surface area contributed by atoms with Crippen LogP contribution in [0.5, 0.6) is 5.75 Å². The van der Waals surface area contributed by atoms with Gasteiger partial charge in [0.15, 0.2) is 0 Å². The van der Waals surface area contributed by atoms with Crippen LogP contribution in [0.25, 0.3) is 0 Å². The van der Waals surface area contributed by atoms with Crippen LogP contribution >= 0.6 is 0 Å². The molecular weight excluding hydrogens is 222 g/mol. The zero-order chi connectivity index (χ0) is 13.4. The lowest BCUT2D eigenvalue weighted by molar-refractivity contribution is 0.138. The Hall–Kier alpha value is -1.46. The van der Waals surface area contributed by atoms with Gasteiger partial charge in [0.05, 0.1) is 5.54 Å². The summed E-state index contributed by atoms with van der Waals surface area (Å²) in [6.45, 7) is 9.03. The van der Waals surface area contributed by atoms with Gasteiger partial charge in [0, 0.05) is 13.0 Å². The first-order chi connectivity index (χ1) is 8.31. The molecule has 2 rings (SSSR count). The largest absolute Gasteiger partial charge is 0.487 e. The highest BCUT2D eigenvalue weighted by atomic mass is 16.5. The fraction of sp³-hybridized carbons (Fsp3) is 0.500. The average Bonchev–Trinajstić information content (AvgIpc) is 2.59. The zero-order valence-electron chi connectivity index (χ0n) is 11.6. The fourth-order valence-corrected chi connectivity index (χ4v) is 2.15. The van der Waals surface area contributed by atoms with Crippen LogP contribution in [0.3, 0.4) is 0 Å². The van der Waals surface area contributed by atoms with Gasteiger partial charge >= 0.3 is 0 Å². The van der Waals surface area contributed by atoms with E-state index in [1.165, 1.54) is 11.1 Å².